The molecule has 0 aliphatic heterocycles. The number of halogens is 1. The molecule has 0 radical (unpaired) electrons. The molecule has 1 rings (SSSR count). The van der Waals surface area contributed by atoms with Crippen LogP contribution >= 0.6 is 11.6 Å². The fourth-order valence-electron chi connectivity index (χ4n) is 1.22. The lowest BCUT2D eigenvalue weighted by molar-refractivity contribution is 1.13. The minimum Gasteiger partial charge on any atom is -0.382 e. The number of benzene rings is 1. The Kier molecular flexibility index (Phi) is 5.05. The molecule has 0 amide bonds. The van der Waals surface area contributed by atoms with Crippen LogP contribution in [-0.2, 0) is 0 Å². The van der Waals surface area contributed by atoms with Crippen molar-refractivity contribution in [2.45, 2.75) is 0 Å². The summed E-state index contributed by atoms with van der Waals surface area (Å²) >= 11 is 5.53. The molecule has 0 aliphatic carbocycles. The topological polar surface area (TPSA) is 15.3 Å². The molecule has 82 valence electrons. The number of hydrogen-bond donors (Lipinski definition) is 1. The fourth-order valence-corrected chi connectivity index (χ4v) is 1.34. The van der Waals surface area contributed by atoms with E-state index in [2.05, 4.69) is 28.4 Å². The minimum atomic E-state index is 0.569. The molecule has 0 fully saturated rings. The van der Waals surface area contributed by atoms with Crippen molar-refractivity contribution in [2.75, 3.05) is 36.7 Å². The first kappa shape index (κ1) is 11.9. The van der Waals surface area contributed by atoms with Gasteiger partial charge >= 0.3 is 0 Å². The molecule has 1 aromatic carbocycles. The number of rotatable bonds is 5. The van der Waals surface area contributed by atoms with Crippen molar-refractivity contribution in [1.29, 1.82) is 0 Å². The van der Waals surface area contributed by atoms with Gasteiger partial charge in [-0.2, -0.15) is 0 Å². The van der Waals surface area contributed by atoms with E-state index >= 15 is 0 Å². The molecule has 0 spiro atoms. The van der Waals surface area contributed by atoms with Crippen molar-refractivity contribution >= 4 is 23.0 Å². The molecule has 0 bridgehead atoms. The lowest BCUT2D eigenvalue weighted by Gasteiger charge is -2.13. The largest absolute Gasteiger partial charge is 0.382 e. The molecular formula is C12H17ClN2. The molecule has 15 heavy (non-hydrogen) atoms. The Balaban J connectivity index is 2.54. The molecule has 0 saturated heterocycles. The third kappa shape index (κ3) is 4.26. The maximum atomic E-state index is 5.53. The monoisotopic (exact) mass is 224 g/mol. The van der Waals surface area contributed by atoms with Gasteiger partial charge in [-0.1, -0.05) is 18.2 Å². The summed E-state index contributed by atoms with van der Waals surface area (Å²) in [5.41, 5.74) is 2.32. The van der Waals surface area contributed by atoms with E-state index in [4.69, 9.17) is 11.6 Å². The van der Waals surface area contributed by atoms with E-state index in [1.165, 1.54) is 5.69 Å². The van der Waals surface area contributed by atoms with Crippen LogP contribution in [0.3, 0.4) is 0 Å². The predicted octanol–water partition coefficient (Wildman–Crippen LogP) is 2.96. The zero-order valence-electron chi connectivity index (χ0n) is 9.20. The highest BCUT2D eigenvalue weighted by molar-refractivity contribution is 6.18. The Labute approximate surface area is 96.5 Å². The molecule has 1 aromatic rings. The summed E-state index contributed by atoms with van der Waals surface area (Å²) in [6, 6.07) is 8.30. The second-order valence-electron chi connectivity index (χ2n) is 3.45. The Morgan fingerprint density at radius 1 is 1.33 bits per heavy atom. The number of hydrogen-bond acceptors (Lipinski definition) is 2. The van der Waals surface area contributed by atoms with Gasteiger partial charge in [0.2, 0.25) is 0 Å². The third-order valence-corrected chi connectivity index (χ3v) is 2.22. The quantitative estimate of drug-likeness (QED) is 0.611. The van der Waals surface area contributed by atoms with Gasteiger partial charge in [0.25, 0.3) is 0 Å². The Hall–Kier alpha value is -1.15. The molecule has 0 aromatic heterocycles. The summed E-state index contributed by atoms with van der Waals surface area (Å²) in [6.45, 7) is 0.809. The second kappa shape index (κ2) is 6.36. The van der Waals surface area contributed by atoms with Crippen LogP contribution in [0.2, 0.25) is 0 Å². The normalized spacial score (nSPS) is 10.6. The van der Waals surface area contributed by atoms with E-state index in [1.807, 2.05) is 32.3 Å². The lowest BCUT2D eigenvalue weighted by Crippen LogP contribution is -2.09. The van der Waals surface area contributed by atoms with Crippen LogP contribution in [0.25, 0.3) is 0 Å². The summed E-state index contributed by atoms with van der Waals surface area (Å²) in [5, 5.41) is 3.30. The average Bonchev–Trinajstić information content (AvgIpc) is 2.25. The maximum absolute atomic E-state index is 5.53. The fraction of sp³-hybridized carbons (Fsp3) is 0.333. The zero-order chi connectivity index (χ0) is 11.1. The van der Waals surface area contributed by atoms with Crippen LogP contribution in [-0.4, -0.2) is 26.5 Å². The van der Waals surface area contributed by atoms with Gasteiger partial charge in [-0.15, -0.1) is 11.6 Å². The molecule has 0 atom stereocenters. The molecule has 0 saturated carbocycles. The van der Waals surface area contributed by atoms with Crippen LogP contribution in [0.4, 0.5) is 11.4 Å². The molecule has 2 nitrogen and oxygen atoms in total. The van der Waals surface area contributed by atoms with Gasteiger partial charge < -0.3 is 10.2 Å². The van der Waals surface area contributed by atoms with Crippen LogP contribution in [0.15, 0.2) is 36.4 Å². The highest BCUT2D eigenvalue weighted by Gasteiger charge is 1.95. The third-order valence-electron chi connectivity index (χ3n) is 2.04. The zero-order valence-corrected chi connectivity index (χ0v) is 9.96. The first-order valence-corrected chi connectivity index (χ1v) is 5.49. The molecule has 0 unspecified atom stereocenters. The Morgan fingerprint density at radius 3 is 2.80 bits per heavy atom. The smallest absolute Gasteiger partial charge is 0.0404 e. The standard InChI is InChI=1S/C12H17ClN2/c1-15(2)12-7-5-6-11(10-12)14-9-4-3-8-13/h3-7,10,14H,8-9H2,1-2H3/b4-3+. The van der Waals surface area contributed by atoms with Gasteiger partial charge in [0.05, 0.1) is 0 Å². The summed E-state index contributed by atoms with van der Waals surface area (Å²) in [5.74, 6) is 0.569. The van der Waals surface area contributed by atoms with E-state index in [0.717, 1.165) is 12.2 Å². The van der Waals surface area contributed by atoms with Crippen LogP contribution in [0.1, 0.15) is 0 Å². The van der Waals surface area contributed by atoms with E-state index in [9.17, 15) is 0 Å². The minimum absolute atomic E-state index is 0.569. The van der Waals surface area contributed by atoms with E-state index in [1.54, 1.807) is 0 Å². The first-order chi connectivity index (χ1) is 7.24. The molecule has 0 aliphatic rings. The number of nitrogens with zero attached hydrogens (tertiary/aromatic N) is 1. The van der Waals surface area contributed by atoms with Crippen molar-refractivity contribution in [3.8, 4) is 0 Å². The van der Waals surface area contributed by atoms with Gasteiger partial charge in [-0.05, 0) is 18.2 Å². The molecule has 3 heteroatoms. The molecule has 1 N–H and O–H groups in total. The van der Waals surface area contributed by atoms with Crippen LogP contribution in [0.5, 0.6) is 0 Å². The highest BCUT2D eigenvalue weighted by atomic mass is 35.5. The number of allylic oxidation sites excluding steroid dienone is 1. The molecular weight excluding hydrogens is 208 g/mol. The van der Waals surface area contributed by atoms with Crippen molar-refractivity contribution < 1.29 is 0 Å². The van der Waals surface area contributed by atoms with Crippen molar-refractivity contribution in [3.63, 3.8) is 0 Å². The van der Waals surface area contributed by atoms with Crippen LogP contribution < -0.4 is 10.2 Å². The Morgan fingerprint density at radius 2 is 2.13 bits per heavy atom. The van der Waals surface area contributed by atoms with E-state index < -0.39 is 0 Å². The highest BCUT2D eigenvalue weighted by Crippen LogP contribution is 2.16. The second-order valence-corrected chi connectivity index (χ2v) is 3.76. The van der Waals surface area contributed by atoms with E-state index in [0.29, 0.717) is 5.88 Å². The molecule has 0 heterocycles. The SMILES string of the molecule is CN(C)c1cccc(NC/C=C/CCl)c1. The predicted molar refractivity (Wildman–Crippen MR) is 69.1 cm³/mol. The van der Waals surface area contributed by atoms with Gasteiger partial charge in [0.1, 0.15) is 0 Å². The number of anilines is 2. The van der Waals surface area contributed by atoms with Gasteiger partial charge in [0.15, 0.2) is 0 Å². The summed E-state index contributed by atoms with van der Waals surface area (Å²) in [4.78, 5) is 2.08. The van der Waals surface area contributed by atoms with Crippen LogP contribution in [0, 0.1) is 0 Å². The first-order valence-electron chi connectivity index (χ1n) is 4.96. The van der Waals surface area contributed by atoms with Gasteiger partial charge in [-0.3, -0.25) is 0 Å². The van der Waals surface area contributed by atoms with Crippen molar-refractivity contribution in [1.82, 2.24) is 0 Å². The number of nitrogens with one attached hydrogen (secondary N) is 1. The number of alkyl halides is 1. The van der Waals surface area contributed by atoms with Gasteiger partial charge in [-0.25, -0.2) is 0 Å². The summed E-state index contributed by atoms with van der Waals surface area (Å²) in [6.07, 6.45) is 3.96. The van der Waals surface area contributed by atoms with E-state index in [-0.39, 0.29) is 0 Å². The summed E-state index contributed by atoms with van der Waals surface area (Å²) in [7, 11) is 4.07. The summed E-state index contributed by atoms with van der Waals surface area (Å²) < 4.78 is 0. The maximum Gasteiger partial charge on any atom is 0.0404 e. The van der Waals surface area contributed by atoms with Gasteiger partial charge in [0, 0.05) is 37.9 Å². The van der Waals surface area contributed by atoms with Crippen molar-refractivity contribution in [2.24, 2.45) is 0 Å². The Bertz CT molecular complexity index is 321. The average molecular weight is 225 g/mol. The lowest BCUT2D eigenvalue weighted by atomic mass is 10.2. The van der Waals surface area contributed by atoms with Crippen molar-refractivity contribution in [3.05, 3.63) is 36.4 Å².